The number of carboxylic acid groups (broad SMARTS) is 1. The first-order valence-electron chi connectivity index (χ1n) is 5.75. The smallest absolute Gasteiger partial charge is 0.317 e. The monoisotopic (exact) mass is 238 g/mol. The fourth-order valence-corrected chi connectivity index (χ4v) is 1.95. The highest BCUT2D eigenvalue weighted by atomic mass is 16.4. The molecule has 0 radical (unpaired) electrons. The number of unbranched alkanes of at least 4 members (excludes halogenated alkanes) is 1. The van der Waals surface area contributed by atoms with Gasteiger partial charge in [0.25, 0.3) is 0 Å². The molecule has 17 heavy (non-hydrogen) atoms. The zero-order chi connectivity index (χ0) is 12.8. The summed E-state index contributed by atoms with van der Waals surface area (Å²) < 4.78 is 0. The molecule has 0 saturated carbocycles. The number of carbonyl (C=O) groups excluding carboxylic acids is 1. The summed E-state index contributed by atoms with van der Waals surface area (Å²) >= 11 is 0. The van der Waals surface area contributed by atoms with E-state index in [1.165, 1.54) is 0 Å². The maximum absolute atomic E-state index is 11.7. The summed E-state index contributed by atoms with van der Waals surface area (Å²) in [6.07, 6.45) is 6.48. The van der Waals surface area contributed by atoms with Crippen molar-refractivity contribution >= 4 is 12.0 Å². The molecule has 1 aliphatic heterocycles. The average molecular weight is 238 g/mol. The first kappa shape index (κ1) is 13.4. The second-order valence-corrected chi connectivity index (χ2v) is 4.37. The number of hydrogen-bond donors (Lipinski definition) is 2. The number of carboxylic acids is 1. The Balaban J connectivity index is 2.35. The van der Waals surface area contributed by atoms with Crippen molar-refractivity contribution < 1.29 is 14.7 Å². The Morgan fingerprint density at radius 3 is 2.76 bits per heavy atom. The van der Waals surface area contributed by atoms with Gasteiger partial charge in [-0.05, 0) is 12.3 Å². The Morgan fingerprint density at radius 2 is 2.24 bits per heavy atom. The fraction of sp³-hybridized carbons (Fsp3) is 0.667. The van der Waals surface area contributed by atoms with Crippen LogP contribution < -0.4 is 5.32 Å². The Kier molecular flexibility index (Phi) is 4.83. The minimum atomic E-state index is -0.833. The Hall–Kier alpha value is -1.70. The number of carbonyl (C=O) groups is 2. The summed E-state index contributed by atoms with van der Waals surface area (Å²) in [4.78, 5) is 24.1. The summed E-state index contributed by atoms with van der Waals surface area (Å²) in [6.45, 7) is 3.17. The zero-order valence-electron chi connectivity index (χ0n) is 9.98. The van der Waals surface area contributed by atoms with Gasteiger partial charge in [0, 0.05) is 26.1 Å². The second kappa shape index (κ2) is 6.14. The van der Waals surface area contributed by atoms with Crippen LogP contribution in [0.25, 0.3) is 0 Å². The third-order valence-electron chi connectivity index (χ3n) is 2.99. The lowest BCUT2D eigenvalue weighted by Gasteiger charge is -2.16. The van der Waals surface area contributed by atoms with E-state index in [0.717, 1.165) is 6.42 Å². The molecular formula is C12H18N2O3. The second-order valence-electron chi connectivity index (χ2n) is 4.37. The highest BCUT2D eigenvalue weighted by molar-refractivity contribution is 5.77. The van der Waals surface area contributed by atoms with E-state index in [0.29, 0.717) is 19.5 Å². The van der Waals surface area contributed by atoms with Crippen molar-refractivity contribution in [2.45, 2.75) is 19.8 Å². The van der Waals surface area contributed by atoms with Crippen LogP contribution in [0, 0.1) is 24.2 Å². The van der Waals surface area contributed by atoms with Crippen LogP contribution >= 0.6 is 0 Å². The summed E-state index contributed by atoms with van der Waals surface area (Å²) in [6, 6.07) is -0.197. The molecular weight excluding hydrogens is 220 g/mol. The molecule has 94 valence electrons. The molecule has 2 N–H and O–H groups in total. The van der Waals surface area contributed by atoms with Crippen molar-refractivity contribution in [3.63, 3.8) is 0 Å². The van der Waals surface area contributed by atoms with Gasteiger partial charge in [-0.3, -0.25) is 4.79 Å². The van der Waals surface area contributed by atoms with Crippen molar-refractivity contribution in [1.82, 2.24) is 10.2 Å². The van der Waals surface area contributed by atoms with Gasteiger partial charge in [-0.25, -0.2) is 4.79 Å². The normalized spacial score (nSPS) is 23.2. The molecule has 1 aliphatic rings. The number of likely N-dealkylation sites (tertiary alicyclic amines) is 1. The lowest BCUT2D eigenvalue weighted by molar-refractivity contribution is -0.142. The molecule has 1 rings (SSSR count). The van der Waals surface area contributed by atoms with Crippen molar-refractivity contribution in [2.75, 3.05) is 19.6 Å². The summed E-state index contributed by atoms with van der Waals surface area (Å²) in [5.41, 5.74) is 0. The lowest BCUT2D eigenvalue weighted by atomic mass is 9.99. The largest absolute Gasteiger partial charge is 0.481 e. The van der Waals surface area contributed by atoms with Crippen LogP contribution in [0.5, 0.6) is 0 Å². The maximum Gasteiger partial charge on any atom is 0.317 e. The van der Waals surface area contributed by atoms with Crippen LogP contribution in [0.3, 0.4) is 0 Å². The summed E-state index contributed by atoms with van der Waals surface area (Å²) in [5, 5.41) is 11.7. The zero-order valence-corrected chi connectivity index (χ0v) is 9.98. The molecule has 1 heterocycles. The quantitative estimate of drug-likeness (QED) is 0.561. The Bertz CT molecular complexity index is 335. The van der Waals surface area contributed by atoms with E-state index >= 15 is 0 Å². The van der Waals surface area contributed by atoms with Crippen LogP contribution in [0.2, 0.25) is 0 Å². The van der Waals surface area contributed by atoms with Gasteiger partial charge >= 0.3 is 12.0 Å². The minimum Gasteiger partial charge on any atom is -0.481 e. The highest BCUT2D eigenvalue weighted by Crippen LogP contribution is 2.22. The standard InChI is InChI=1S/C12H18N2O3/c1-3-4-5-6-13-12(17)14-7-9(2)10(8-14)11(15)16/h1,9-10H,4-8H2,2H3,(H,13,17)(H,15,16)/t9-,10-/m1/s1. The molecule has 0 bridgehead atoms. The van der Waals surface area contributed by atoms with E-state index < -0.39 is 11.9 Å². The van der Waals surface area contributed by atoms with Gasteiger partial charge in [0.05, 0.1) is 5.92 Å². The predicted molar refractivity (Wildman–Crippen MR) is 63.3 cm³/mol. The Labute approximate surface area is 101 Å². The number of nitrogens with one attached hydrogen (secondary N) is 1. The first-order chi connectivity index (χ1) is 8.06. The van der Waals surface area contributed by atoms with Crippen molar-refractivity contribution in [3.8, 4) is 12.3 Å². The number of terminal acetylenes is 1. The van der Waals surface area contributed by atoms with Crippen LogP contribution in [0.4, 0.5) is 4.79 Å². The maximum atomic E-state index is 11.7. The van der Waals surface area contributed by atoms with Crippen LogP contribution in [-0.2, 0) is 4.79 Å². The van der Waals surface area contributed by atoms with Gasteiger partial charge in [0.15, 0.2) is 0 Å². The van der Waals surface area contributed by atoms with E-state index in [4.69, 9.17) is 11.5 Å². The summed E-state index contributed by atoms with van der Waals surface area (Å²) in [7, 11) is 0. The number of amides is 2. The minimum absolute atomic E-state index is 0.00367. The van der Waals surface area contributed by atoms with Crippen molar-refractivity contribution in [2.24, 2.45) is 11.8 Å². The molecule has 2 amide bonds. The molecule has 0 aliphatic carbocycles. The van der Waals surface area contributed by atoms with Gasteiger partial charge in [0.2, 0.25) is 0 Å². The van der Waals surface area contributed by atoms with Crippen LogP contribution in [0.15, 0.2) is 0 Å². The topological polar surface area (TPSA) is 69.6 Å². The fourth-order valence-electron chi connectivity index (χ4n) is 1.95. The van der Waals surface area contributed by atoms with Gasteiger partial charge in [-0.1, -0.05) is 6.92 Å². The number of hydrogen-bond acceptors (Lipinski definition) is 2. The molecule has 0 unspecified atom stereocenters. The van der Waals surface area contributed by atoms with Crippen LogP contribution in [0.1, 0.15) is 19.8 Å². The van der Waals surface area contributed by atoms with Gasteiger partial charge in [-0.2, -0.15) is 0 Å². The van der Waals surface area contributed by atoms with E-state index in [-0.39, 0.29) is 18.5 Å². The Morgan fingerprint density at radius 1 is 1.53 bits per heavy atom. The number of rotatable bonds is 4. The molecule has 1 fully saturated rings. The molecule has 5 heteroatoms. The van der Waals surface area contributed by atoms with Crippen LogP contribution in [-0.4, -0.2) is 41.6 Å². The summed E-state index contributed by atoms with van der Waals surface area (Å²) in [5.74, 6) is 1.22. The predicted octanol–water partition coefficient (Wildman–Crippen LogP) is 0.762. The molecule has 2 atom stereocenters. The molecule has 0 aromatic heterocycles. The third kappa shape index (κ3) is 3.66. The lowest BCUT2D eigenvalue weighted by Crippen LogP contribution is -2.39. The van der Waals surface area contributed by atoms with E-state index in [2.05, 4.69) is 11.2 Å². The van der Waals surface area contributed by atoms with E-state index in [1.807, 2.05) is 6.92 Å². The number of nitrogens with zero attached hydrogens (tertiary/aromatic N) is 1. The molecule has 1 saturated heterocycles. The van der Waals surface area contributed by atoms with E-state index in [1.54, 1.807) is 4.90 Å². The SMILES string of the molecule is C#CCCCNC(=O)N1C[C@@H](C)[C@H](C(=O)O)C1. The third-order valence-corrected chi connectivity index (χ3v) is 2.99. The number of aliphatic carboxylic acids is 1. The number of urea groups is 1. The molecule has 0 aromatic carbocycles. The first-order valence-corrected chi connectivity index (χ1v) is 5.75. The molecule has 0 aromatic rings. The van der Waals surface area contributed by atoms with Crippen molar-refractivity contribution in [3.05, 3.63) is 0 Å². The van der Waals surface area contributed by atoms with Gasteiger partial charge in [0.1, 0.15) is 0 Å². The average Bonchev–Trinajstić information content (AvgIpc) is 2.66. The molecule has 5 nitrogen and oxygen atoms in total. The van der Waals surface area contributed by atoms with Gasteiger partial charge < -0.3 is 15.3 Å². The molecule has 0 spiro atoms. The van der Waals surface area contributed by atoms with Gasteiger partial charge in [-0.15, -0.1) is 12.3 Å². The highest BCUT2D eigenvalue weighted by Gasteiger charge is 2.36. The van der Waals surface area contributed by atoms with Crippen molar-refractivity contribution in [1.29, 1.82) is 0 Å². The van der Waals surface area contributed by atoms with E-state index in [9.17, 15) is 9.59 Å².